The van der Waals surface area contributed by atoms with Gasteiger partial charge in [0.1, 0.15) is 11.5 Å². The minimum absolute atomic E-state index is 0.0112. The molecule has 1 N–H and O–H groups in total. The quantitative estimate of drug-likeness (QED) is 0.831. The van der Waals surface area contributed by atoms with Crippen LogP contribution in [0.15, 0.2) is 36.5 Å². The fourth-order valence-corrected chi connectivity index (χ4v) is 3.35. The lowest BCUT2D eigenvalue weighted by Gasteiger charge is -2.35. The van der Waals surface area contributed by atoms with Gasteiger partial charge in [-0.05, 0) is 56.0 Å². The van der Waals surface area contributed by atoms with Crippen LogP contribution >= 0.6 is 11.6 Å². The fourth-order valence-electron chi connectivity index (χ4n) is 3.17. The van der Waals surface area contributed by atoms with Crippen LogP contribution in [0.4, 0.5) is 15.8 Å². The topological polar surface area (TPSA) is 45.2 Å². The predicted molar refractivity (Wildman–Crippen MR) is 97.9 cm³/mol. The number of hydrogen-bond acceptors (Lipinski definition) is 3. The highest BCUT2D eigenvalue weighted by molar-refractivity contribution is 6.31. The number of rotatable bonds is 4. The number of anilines is 2. The van der Waals surface area contributed by atoms with E-state index in [2.05, 4.69) is 17.2 Å². The van der Waals surface area contributed by atoms with Gasteiger partial charge in [0.05, 0.1) is 16.9 Å². The molecule has 132 valence electrons. The van der Waals surface area contributed by atoms with E-state index in [1.54, 1.807) is 24.4 Å². The van der Waals surface area contributed by atoms with Crippen molar-refractivity contribution >= 4 is 28.9 Å². The molecule has 1 unspecified atom stereocenters. The maximum absolute atomic E-state index is 13.2. The number of carbonyl (C=O) groups excluding carboxylic acids is 1. The van der Waals surface area contributed by atoms with Crippen LogP contribution in [0.5, 0.6) is 0 Å². The van der Waals surface area contributed by atoms with Crippen LogP contribution in [0.2, 0.25) is 5.02 Å². The molecule has 1 amide bonds. The highest BCUT2D eigenvalue weighted by Gasteiger charge is 2.26. The molecule has 0 aliphatic carbocycles. The molecule has 1 aromatic carbocycles. The molecule has 1 fully saturated rings. The van der Waals surface area contributed by atoms with E-state index in [-0.39, 0.29) is 10.9 Å². The van der Waals surface area contributed by atoms with Crippen molar-refractivity contribution in [2.75, 3.05) is 11.9 Å². The molecule has 25 heavy (non-hydrogen) atoms. The summed E-state index contributed by atoms with van der Waals surface area (Å²) in [7, 11) is 0. The summed E-state index contributed by atoms with van der Waals surface area (Å²) in [5, 5.41) is 3.16. The van der Waals surface area contributed by atoms with Gasteiger partial charge in [-0.2, -0.15) is 0 Å². The Kier molecular flexibility index (Phi) is 5.53. The average molecular weight is 362 g/mol. The van der Waals surface area contributed by atoms with Crippen LogP contribution in [-0.4, -0.2) is 28.4 Å². The Morgan fingerprint density at radius 2 is 2.12 bits per heavy atom. The molecule has 3 rings (SSSR count). The SMILES string of the molecule is CCC1CCCCN1C(=O)c1ccc(Nc2ccc(F)c(Cl)c2)cn1. The Morgan fingerprint density at radius 1 is 1.32 bits per heavy atom. The van der Waals surface area contributed by atoms with Gasteiger partial charge in [-0.25, -0.2) is 9.37 Å². The van der Waals surface area contributed by atoms with Gasteiger partial charge in [-0.15, -0.1) is 0 Å². The molecule has 0 saturated carbocycles. The molecule has 0 spiro atoms. The number of piperidine rings is 1. The number of halogens is 2. The van der Waals surface area contributed by atoms with Gasteiger partial charge in [-0.1, -0.05) is 18.5 Å². The van der Waals surface area contributed by atoms with Crippen molar-refractivity contribution in [2.45, 2.75) is 38.6 Å². The lowest BCUT2D eigenvalue weighted by molar-refractivity contribution is 0.0602. The van der Waals surface area contributed by atoms with Crippen molar-refractivity contribution in [3.05, 3.63) is 53.1 Å². The molecule has 1 saturated heterocycles. The second kappa shape index (κ2) is 7.83. The maximum Gasteiger partial charge on any atom is 0.272 e. The van der Waals surface area contributed by atoms with Crippen LogP contribution < -0.4 is 5.32 Å². The van der Waals surface area contributed by atoms with Crippen molar-refractivity contribution in [3.8, 4) is 0 Å². The number of hydrogen-bond donors (Lipinski definition) is 1. The molecule has 1 aromatic heterocycles. The Hall–Kier alpha value is -2.14. The number of aromatic nitrogens is 1. The number of pyridine rings is 1. The first-order chi connectivity index (χ1) is 12.1. The maximum atomic E-state index is 13.2. The zero-order valence-corrected chi connectivity index (χ0v) is 14.9. The Labute approximate surface area is 152 Å². The molecule has 0 radical (unpaired) electrons. The van der Waals surface area contributed by atoms with Gasteiger partial charge in [0, 0.05) is 18.3 Å². The van der Waals surface area contributed by atoms with Gasteiger partial charge >= 0.3 is 0 Å². The van der Waals surface area contributed by atoms with Crippen LogP contribution in [0, 0.1) is 5.82 Å². The van der Waals surface area contributed by atoms with E-state index in [0.717, 1.165) is 25.8 Å². The zero-order chi connectivity index (χ0) is 17.8. The predicted octanol–water partition coefficient (Wildman–Crippen LogP) is 5.02. The molecule has 6 heteroatoms. The van der Waals surface area contributed by atoms with Crippen molar-refractivity contribution in [1.82, 2.24) is 9.88 Å². The van der Waals surface area contributed by atoms with E-state index in [1.807, 2.05) is 4.90 Å². The average Bonchev–Trinajstić information content (AvgIpc) is 2.65. The van der Waals surface area contributed by atoms with Gasteiger partial charge in [-0.3, -0.25) is 4.79 Å². The minimum atomic E-state index is -0.460. The monoisotopic (exact) mass is 361 g/mol. The third-order valence-electron chi connectivity index (χ3n) is 4.55. The van der Waals surface area contributed by atoms with Gasteiger partial charge in [0.15, 0.2) is 0 Å². The molecule has 4 nitrogen and oxygen atoms in total. The zero-order valence-electron chi connectivity index (χ0n) is 14.1. The van der Waals surface area contributed by atoms with E-state index in [9.17, 15) is 9.18 Å². The largest absolute Gasteiger partial charge is 0.354 e. The second-order valence-electron chi connectivity index (χ2n) is 6.24. The highest BCUT2D eigenvalue weighted by Crippen LogP contribution is 2.24. The summed E-state index contributed by atoms with van der Waals surface area (Å²) in [5.74, 6) is -0.471. The van der Waals surface area contributed by atoms with Crippen molar-refractivity contribution in [3.63, 3.8) is 0 Å². The van der Waals surface area contributed by atoms with Crippen molar-refractivity contribution < 1.29 is 9.18 Å². The number of nitrogens with one attached hydrogen (secondary N) is 1. The number of nitrogens with zero attached hydrogens (tertiary/aromatic N) is 2. The number of carbonyl (C=O) groups is 1. The summed E-state index contributed by atoms with van der Waals surface area (Å²) in [4.78, 5) is 18.9. The van der Waals surface area contributed by atoms with Crippen LogP contribution in [0.1, 0.15) is 43.1 Å². The molecule has 1 aliphatic heterocycles. The molecule has 2 aromatic rings. The summed E-state index contributed by atoms with van der Waals surface area (Å²) >= 11 is 5.78. The normalized spacial score (nSPS) is 17.4. The molecule has 0 bridgehead atoms. The Morgan fingerprint density at radius 3 is 2.80 bits per heavy atom. The molecule has 2 heterocycles. The fraction of sp³-hybridized carbons (Fsp3) is 0.368. The minimum Gasteiger partial charge on any atom is -0.354 e. The summed E-state index contributed by atoms with van der Waals surface area (Å²) in [6.07, 6.45) is 5.87. The summed E-state index contributed by atoms with van der Waals surface area (Å²) < 4.78 is 13.2. The third kappa shape index (κ3) is 4.10. The Balaban J connectivity index is 1.71. The first-order valence-electron chi connectivity index (χ1n) is 8.57. The summed E-state index contributed by atoms with van der Waals surface area (Å²) in [6, 6.07) is 8.23. The highest BCUT2D eigenvalue weighted by atomic mass is 35.5. The van der Waals surface area contributed by atoms with Gasteiger partial charge in [0.2, 0.25) is 0 Å². The van der Waals surface area contributed by atoms with Crippen molar-refractivity contribution in [2.24, 2.45) is 0 Å². The third-order valence-corrected chi connectivity index (χ3v) is 4.84. The summed E-state index contributed by atoms with van der Waals surface area (Å²) in [6.45, 7) is 2.91. The van der Waals surface area contributed by atoms with E-state index in [0.29, 0.717) is 23.1 Å². The Bertz CT molecular complexity index is 751. The van der Waals surface area contributed by atoms with E-state index < -0.39 is 5.82 Å². The first kappa shape index (κ1) is 17.7. The van der Waals surface area contributed by atoms with Crippen LogP contribution in [0.25, 0.3) is 0 Å². The second-order valence-corrected chi connectivity index (χ2v) is 6.65. The lowest BCUT2D eigenvalue weighted by Crippen LogP contribution is -2.43. The molecular weight excluding hydrogens is 341 g/mol. The smallest absolute Gasteiger partial charge is 0.272 e. The van der Waals surface area contributed by atoms with E-state index >= 15 is 0 Å². The summed E-state index contributed by atoms with van der Waals surface area (Å²) in [5.41, 5.74) is 1.82. The lowest BCUT2D eigenvalue weighted by atomic mass is 9.99. The molecule has 1 aliphatic rings. The number of amides is 1. The number of benzene rings is 1. The van der Waals surface area contributed by atoms with Gasteiger partial charge < -0.3 is 10.2 Å². The number of likely N-dealkylation sites (tertiary alicyclic amines) is 1. The first-order valence-corrected chi connectivity index (χ1v) is 8.95. The van der Waals surface area contributed by atoms with Crippen LogP contribution in [0.3, 0.4) is 0 Å². The van der Waals surface area contributed by atoms with Crippen LogP contribution in [-0.2, 0) is 0 Å². The standard InChI is InChI=1S/C19H21ClFN3O/c1-2-15-5-3-4-10-24(15)19(25)18-9-7-14(12-22-18)23-13-6-8-17(21)16(20)11-13/h6-9,11-12,15,23H,2-5,10H2,1H3. The van der Waals surface area contributed by atoms with Crippen molar-refractivity contribution in [1.29, 1.82) is 0 Å². The molecule has 1 atom stereocenters. The molecular formula is C19H21ClFN3O. The van der Waals surface area contributed by atoms with E-state index in [1.165, 1.54) is 18.6 Å². The van der Waals surface area contributed by atoms with E-state index in [4.69, 9.17) is 11.6 Å². The van der Waals surface area contributed by atoms with Gasteiger partial charge in [0.25, 0.3) is 5.91 Å².